The van der Waals surface area contributed by atoms with E-state index < -0.39 is 0 Å². The Hall–Kier alpha value is -0.0800. The predicted octanol–water partition coefficient (Wildman–Crippen LogP) is 3.56. The minimum absolute atomic E-state index is 0.413. The van der Waals surface area contributed by atoms with Gasteiger partial charge >= 0.3 is 0 Å². The molecule has 0 amide bonds. The Labute approximate surface area is 102 Å². The van der Waals surface area contributed by atoms with E-state index >= 15 is 0 Å². The van der Waals surface area contributed by atoms with Gasteiger partial charge in [0.1, 0.15) is 0 Å². The minimum atomic E-state index is 0.413. The number of piperidine rings is 1. The monoisotopic (exact) mass is 229 g/mol. The van der Waals surface area contributed by atoms with Crippen LogP contribution in [0.4, 0.5) is 0 Å². The fraction of sp³-hybridized carbons (Fsp3) is 1.00. The van der Waals surface area contributed by atoms with E-state index in [9.17, 15) is 0 Å². The number of hydrogen-bond acceptors (Lipinski definition) is 2. The van der Waals surface area contributed by atoms with E-state index in [1.54, 1.807) is 0 Å². The molecule has 1 aliphatic heterocycles. The molecule has 0 aromatic heterocycles. The molecule has 0 N–H and O–H groups in total. The van der Waals surface area contributed by atoms with Crippen molar-refractivity contribution in [2.24, 2.45) is 5.41 Å². The molecule has 0 aliphatic carbocycles. The maximum absolute atomic E-state index is 5.43. The standard InChI is InChI=1S/C12H25NO.C2H6/c1-5-11-12(6-2,10-14-4)8-7-9-13(11)3;1-2/h11H,5-10H2,1-4H3;1-2H3. The van der Waals surface area contributed by atoms with Crippen molar-refractivity contribution in [3.05, 3.63) is 0 Å². The maximum Gasteiger partial charge on any atom is 0.0533 e. The lowest BCUT2D eigenvalue weighted by atomic mass is 9.71. The number of methoxy groups -OCH3 is 1. The van der Waals surface area contributed by atoms with Gasteiger partial charge in [0.2, 0.25) is 0 Å². The highest BCUT2D eigenvalue weighted by Gasteiger charge is 2.40. The molecule has 0 spiro atoms. The molecule has 0 bridgehead atoms. The summed E-state index contributed by atoms with van der Waals surface area (Å²) in [5.74, 6) is 0. The Kier molecular flexibility index (Phi) is 8.04. The van der Waals surface area contributed by atoms with Crippen LogP contribution < -0.4 is 0 Å². The lowest BCUT2D eigenvalue weighted by Gasteiger charge is -2.48. The van der Waals surface area contributed by atoms with E-state index in [1.807, 2.05) is 21.0 Å². The SMILES string of the molecule is CC.CCC1N(C)CCCC1(CC)COC. The molecule has 0 saturated carbocycles. The number of ether oxygens (including phenoxy) is 1. The Morgan fingerprint density at radius 2 is 1.94 bits per heavy atom. The molecule has 2 atom stereocenters. The van der Waals surface area contributed by atoms with Gasteiger partial charge in [0.15, 0.2) is 0 Å². The second-order valence-corrected chi connectivity index (χ2v) is 4.66. The van der Waals surface area contributed by atoms with Crippen molar-refractivity contribution in [2.75, 3.05) is 27.3 Å². The Bertz CT molecular complexity index is 168. The summed E-state index contributed by atoms with van der Waals surface area (Å²) >= 11 is 0. The topological polar surface area (TPSA) is 12.5 Å². The zero-order valence-electron chi connectivity index (χ0n) is 12.2. The summed E-state index contributed by atoms with van der Waals surface area (Å²) in [5, 5.41) is 0. The molecule has 0 aromatic carbocycles. The third-order valence-electron chi connectivity index (χ3n) is 3.95. The molecular weight excluding hydrogens is 198 g/mol. The van der Waals surface area contributed by atoms with Crippen molar-refractivity contribution >= 4 is 0 Å². The van der Waals surface area contributed by atoms with Gasteiger partial charge in [-0.1, -0.05) is 27.7 Å². The van der Waals surface area contributed by atoms with Crippen molar-refractivity contribution in [3.63, 3.8) is 0 Å². The summed E-state index contributed by atoms with van der Waals surface area (Å²) in [7, 11) is 4.09. The molecule has 1 fully saturated rings. The molecular formula is C14H31NO. The molecule has 0 radical (unpaired) electrons. The lowest BCUT2D eigenvalue weighted by Crippen LogP contribution is -2.52. The number of hydrogen-bond donors (Lipinski definition) is 0. The van der Waals surface area contributed by atoms with Gasteiger partial charge in [-0.3, -0.25) is 0 Å². The first kappa shape index (κ1) is 15.9. The highest BCUT2D eigenvalue weighted by atomic mass is 16.5. The second kappa shape index (κ2) is 8.08. The largest absolute Gasteiger partial charge is 0.384 e. The van der Waals surface area contributed by atoms with Crippen LogP contribution >= 0.6 is 0 Å². The Morgan fingerprint density at radius 1 is 1.31 bits per heavy atom. The van der Waals surface area contributed by atoms with E-state index in [1.165, 1.54) is 32.2 Å². The third kappa shape index (κ3) is 3.46. The van der Waals surface area contributed by atoms with Crippen LogP contribution in [0.5, 0.6) is 0 Å². The van der Waals surface area contributed by atoms with Crippen molar-refractivity contribution in [2.45, 2.75) is 59.4 Å². The number of rotatable bonds is 4. The summed E-state index contributed by atoms with van der Waals surface area (Å²) in [6.45, 7) is 10.8. The fourth-order valence-electron chi connectivity index (χ4n) is 3.19. The Balaban J connectivity index is 0.00000106. The van der Waals surface area contributed by atoms with Crippen LogP contribution in [0.15, 0.2) is 0 Å². The van der Waals surface area contributed by atoms with E-state index in [0.29, 0.717) is 11.5 Å². The molecule has 1 saturated heterocycles. The smallest absolute Gasteiger partial charge is 0.0533 e. The first-order chi connectivity index (χ1) is 7.70. The summed E-state index contributed by atoms with van der Waals surface area (Å²) in [6.07, 6.45) is 5.14. The van der Waals surface area contributed by atoms with Crippen molar-refractivity contribution in [3.8, 4) is 0 Å². The van der Waals surface area contributed by atoms with Gasteiger partial charge in [-0.05, 0) is 39.3 Å². The number of likely N-dealkylation sites (tertiary alicyclic amines) is 1. The van der Waals surface area contributed by atoms with Crippen LogP contribution in [0.3, 0.4) is 0 Å². The van der Waals surface area contributed by atoms with Crippen LogP contribution in [-0.4, -0.2) is 38.3 Å². The van der Waals surface area contributed by atoms with Crippen molar-refractivity contribution < 1.29 is 4.74 Å². The normalized spacial score (nSPS) is 30.8. The molecule has 2 heteroatoms. The highest BCUT2D eigenvalue weighted by Crippen LogP contribution is 2.40. The Morgan fingerprint density at radius 3 is 2.38 bits per heavy atom. The fourth-order valence-corrected chi connectivity index (χ4v) is 3.19. The lowest BCUT2D eigenvalue weighted by molar-refractivity contribution is -0.0335. The highest BCUT2D eigenvalue weighted by molar-refractivity contribution is 4.93. The van der Waals surface area contributed by atoms with Crippen LogP contribution in [-0.2, 0) is 4.74 Å². The van der Waals surface area contributed by atoms with Gasteiger partial charge in [-0.15, -0.1) is 0 Å². The average Bonchev–Trinajstić information content (AvgIpc) is 2.32. The molecule has 1 heterocycles. The third-order valence-corrected chi connectivity index (χ3v) is 3.95. The van der Waals surface area contributed by atoms with E-state index in [2.05, 4.69) is 25.8 Å². The summed E-state index contributed by atoms with van der Waals surface area (Å²) in [4.78, 5) is 2.52. The van der Waals surface area contributed by atoms with Gasteiger partial charge in [0.25, 0.3) is 0 Å². The van der Waals surface area contributed by atoms with Crippen LogP contribution in [0.1, 0.15) is 53.4 Å². The summed E-state index contributed by atoms with van der Waals surface area (Å²) < 4.78 is 5.43. The summed E-state index contributed by atoms with van der Waals surface area (Å²) in [5.41, 5.74) is 0.413. The van der Waals surface area contributed by atoms with Crippen LogP contribution in [0.2, 0.25) is 0 Å². The second-order valence-electron chi connectivity index (χ2n) is 4.66. The molecule has 1 aliphatic rings. The first-order valence-corrected chi connectivity index (χ1v) is 6.89. The summed E-state index contributed by atoms with van der Waals surface area (Å²) in [6, 6.07) is 0.709. The molecule has 2 unspecified atom stereocenters. The van der Waals surface area contributed by atoms with E-state index in [-0.39, 0.29) is 0 Å². The van der Waals surface area contributed by atoms with Crippen molar-refractivity contribution in [1.82, 2.24) is 4.90 Å². The molecule has 0 aromatic rings. The van der Waals surface area contributed by atoms with Gasteiger partial charge in [-0.2, -0.15) is 0 Å². The predicted molar refractivity (Wildman–Crippen MR) is 71.9 cm³/mol. The first-order valence-electron chi connectivity index (χ1n) is 6.89. The van der Waals surface area contributed by atoms with Crippen LogP contribution in [0, 0.1) is 5.41 Å². The van der Waals surface area contributed by atoms with Gasteiger partial charge in [0.05, 0.1) is 6.61 Å². The molecule has 2 nitrogen and oxygen atoms in total. The van der Waals surface area contributed by atoms with E-state index in [4.69, 9.17) is 4.74 Å². The average molecular weight is 229 g/mol. The van der Waals surface area contributed by atoms with Gasteiger partial charge < -0.3 is 9.64 Å². The quantitative estimate of drug-likeness (QED) is 0.731. The van der Waals surface area contributed by atoms with Gasteiger partial charge in [-0.25, -0.2) is 0 Å². The van der Waals surface area contributed by atoms with Crippen LogP contribution in [0.25, 0.3) is 0 Å². The molecule has 16 heavy (non-hydrogen) atoms. The van der Waals surface area contributed by atoms with Crippen molar-refractivity contribution in [1.29, 1.82) is 0 Å². The number of nitrogens with zero attached hydrogens (tertiary/aromatic N) is 1. The minimum Gasteiger partial charge on any atom is -0.384 e. The van der Waals surface area contributed by atoms with E-state index in [0.717, 1.165) is 6.61 Å². The van der Waals surface area contributed by atoms with Gasteiger partial charge in [0, 0.05) is 18.6 Å². The maximum atomic E-state index is 5.43. The molecule has 98 valence electrons. The zero-order chi connectivity index (χ0) is 12.6. The molecule has 1 rings (SSSR count). The zero-order valence-corrected chi connectivity index (χ0v) is 12.2.